The Morgan fingerprint density at radius 2 is 2.11 bits per heavy atom. The van der Waals surface area contributed by atoms with Crippen molar-refractivity contribution in [2.45, 2.75) is 6.92 Å². The van der Waals surface area contributed by atoms with Crippen molar-refractivity contribution in [2.75, 3.05) is 19.0 Å². The molecular weight excluding hydrogens is 276 g/mol. The summed E-state index contributed by atoms with van der Waals surface area (Å²) < 4.78 is 5.06. The number of nitrogens with one attached hydrogen (secondary N) is 2. The number of anilines is 1. The van der Waals surface area contributed by atoms with E-state index in [1.54, 1.807) is 19.1 Å². The molecule has 0 aliphatic carbocycles. The highest BCUT2D eigenvalue weighted by atomic mass is 35.5. The highest BCUT2D eigenvalue weighted by Crippen LogP contribution is 2.30. The van der Waals surface area contributed by atoms with Crippen molar-refractivity contribution >= 4 is 29.3 Å². The maximum Gasteiger partial charge on any atom is 0.343 e. The van der Waals surface area contributed by atoms with Gasteiger partial charge in [0.05, 0.1) is 12.8 Å². The molecule has 0 unspecified atom stereocenters. The number of hydrogen-bond donors (Lipinski definition) is 3. The molecule has 0 radical (unpaired) electrons. The van der Waals surface area contributed by atoms with Crippen LogP contribution in [0.4, 0.5) is 10.5 Å². The van der Waals surface area contributed by atoms with Crippen LogP contribution in [0, 0.1) is 6.92 Å². The third kappa shape index (κ3) is 4.65. The van der Waals surface area contributed by atoms with Crippen LogP contribution < -0.4 is 15.5 Å². The summed E-state index contributed by atoms with van der Waals surface area (Å²) in [5, 5.41) is 11.3. The smallest absolute Gasteiger partial charge is 0.343 e. The number of benzene rings is 1. The monoisotopic (exact) mass is 288 g/mol. The van der Waals surface area contributed by atoms with E-state index in [9.17, 15) is 9.59 Å². The molecule has 0 heterocycles. The van der Waals surface area contributed by atoms with Crippen LogP contribution >= 0.6 is 11.6 Å². The summed E-state index contributed by atoms with van der Waals surface area (Å²) in [6.45, 7) is 1.13. The second kappa shape index (κ2) is 6.81. The first-order valence-corrected chi connectivity index (χ1v) is 5.56. The predicted octanol–water partition coefficient (Wildman–Crippen LogP) is 1.79. The lowest BCUT2D eigenvalue weighted by atomic mass is 10.2. The summed E-state index contributed by atoms with van der Waals surface area (Å²) in [5.74, 6) is -0.816. The van der Waals surface area contributed by atoms with Crippen LogP contribution in [0.3, 0.4) is 0 Å². The predicted molar refractivity (Wildman–Crippen MR) is 68.5 cm³/mol. The average Bonchev–Trinajstić information content (AvgIpc) is 2.33. The molecule has 0 bridgehead atoms. The number of ether oxygens (including phenoxy) is 1. The van der Waals surface area contributed by atoms with E-state index >= 15 is 0 Å². The summed E-state index contributed by atoms with van der Waals surface area (Å²) in [4.78, 5) is 26.0. The molecule has 0 saturated carbocycles. The van der Waals surface area contributed by atoms with Crippen molar-refractivity contribution in [2.24, 2.45) is 0 Å². The van der Waals surface area contributed by atoms with Gasteiger partial charge in [0.25, 0.3) is 0 Å². The minimum atomic E-state index is -1.19. The van der Waals surface area contributed by atoms with Crippen LogP contribution in [0.1, 0.15) is 5.56 Å². The van der Waals surface area contributed by atoms with Crippen molar-refractivity contribution < 1.29 is 24.3 Å². The van der Waals surface area contributed by atoms with Crippen LogP contribution in [0.15, 0.2) is 12.1 Å². The van der Waals surface area contributed by atoms with Gasteiger partial charge >= 0.3 is 12.0 Å². The molecule has 8 heteroatoms. The molecule has 0 fully saturated rings. The summed E-state index contributed by atoms with van der Waals surface area (Å²) >= 11 is 5.92. The van der Waals surface area contributed by atoms with E-state index in [0.29, 0.717) is 16.5 Å². The highest BCUT2D eigenvalue weighted by molar-refractivity contribution is 6.31. The fraction of sp³-hybridized carbons (Fsp3) is 0.273. The van der Waals surface area contributed by atoms with Crippen molar-refractivity contribution in [1.29, 1.82) is 0 Å². The first kappa shape index (κ1) is 15.1. The van der Waals surface area contributed by atoms with Crippen LogP contribution in [-0.4, -0.2) is 30.8 Å². The quantitative estimate of drug-likeness (QED) is 0.718. The van der Waals surface area contributed by atoms with Gasteiger partial charge in [-0.1, -0.05) is 11.6 Å². The number of carbonyl (C=O) groups is 2. The van der Waals surface area contributed by atoms with E-state index in [2.05, 4.69) is 10.2 Å². The van der Waals surface area contributed by atoms with Gasteiger partial charge in [0, 0.05) is 11.1 Å². The molecule has 3 N–H and O–H groups in total. The number of methoxy groups -OCH3 is 1. The first-order chi connectivity index (χ1) is 8.93. The molecule has 0 aliphatic rings. The van der Waals surface area contributed by atoms with Gasteiger partial charge in [0.15, 0.2) is 6.61 Å². The molecule has 104 valence electrons. The zero-order valence-electron chi connectivity index (χ0n) is 10.3. The lowest BCUT2D eigenvalue weighted by Crippen LogP contribution is -2.31. The van der Waals surface area contributed by atoms with E-state index < -0.39 is 18.6 Å². The summed E-state index contributed by atoms with van der Waals surface area (Å²) in [7, 11) is 1.44. The fourth-order valence-corrected chi connectivity index (χ4v) is 1.39. The molecule has 0 atom stereocenters. The lowest BCUT2D eigenvalue weighted by molar-refractivity contribution is -0.143. The Balaban J connectivity index is 2.68. The summed E-state index contributed by atoms with van der Waals surface area (Å²) in [6.07, 6.45) is 0. The minimum Gasteiger partial charge on any atom is -0.495 e. The molecule has 1 aromatic rings. The van der Waals surface area contributed by atoms with Gasteiger partial charge in [0.1, 0.15) is 5.75 Å². The number of aryl methyl sites for hydroxylation is 1. The number of hydroxylamine groups is 1. The van der Waals surface area contributed by atoms with E-state index in [-0.39, 0.29) is 0 Å². The third-order valence-electron chi connectivity index (χ3n) is 2.09. The standard InChI is InChI=1S/C11H13ClN2O5/c1-6-3-8(9(18-2)4-7(6)12)13-11(17)14-19-5-10(15)16/h3-4H,5H2,1-2H3,(H,15,16)(H2,13,14,17). The van der Waals surface area contributed by atoms with Gasteiger partial charge in [-0.15, -0.1) is 0 Å². The minimum absolute atomic E-state index is 0.379. The third-order valence-corrected chi connectivity index (χ3v) is 2.50. The van der Waals surface area contributed by atoms with Gasteiger partial charge in [-0.3, -0.25) is 4.84 Å². The second-order valence-corrected chi connectivity index (χ2v) is 3.95. The normalized spacial score (nSPS) is 9.84. The molecular formula is C11H13ClN2O5. The number of aliphatic carboxylic acids is 1. The van der Waals surface area contributed by atoms with Gasteiger partial charge in [-0.2, -0.15) is 0 Å². The Bertz CT molecular complexity index is 492. The molecule has 7 nitrogen and oxygen atoms in total. The van der Waals surface area contributed by atoms with E-state index in [1.807, 2.05) is 5.48 Å². The molecule has 2 amide bonds. The number of hydrogen-bond acceptors (Lipinski definition) is 4. The van der Waals surface area contributed by atoms with Crippen molar-refractivity contribution in [1.82, 2.24) is 5.48 Å². The molecule has 1 aromatic carbocycles. The number of urea groups is 1. The average molecular weight is 289 g/mol. The zero-order chi connectivity index (χ0) is 14.4. The van der Waals surface area contributed by atoms with Crippen LogP contribution in [0.25, 0.3) is 0 Å². The van der Waals surface area contributed by atoms with Gasteiger partial charge in [-0.25, -0.2) is 15.1 Å². The van der Waals surface area contributed by atoms with Crippen LogP contribution in [0.5, 0.6) is 5.75 Å². The Morgan fingerprint density at radius 3 is 2.68 bits per heavy atom. The maximum absolute atomic E-state index is 11.4. The number of amides is 2. The van der Waals surface area contributed by atoms with Gasteiger partial charge in [0.2, 0.25) is 0 Å². The van der Waals surface area contributed by atoms with Crippen molar-refractivity contribution in [3.05, 3.63) is 22.7 Å². The number of carbonyl (C=O) groups excluding carboxylic acids is 1. The summed E-state index contributed by atoms with van der Waals surface area (Å²) in [5.41, 5.74) is 3.07. The number of carboxylic acids is 1. The zero-order valence-corrected chi connectivity index (χ0v) is 11.1. The lowest BCUT2D eigenvalue weighted by Gasteiger charge is -2.12. The van der Waals surface area contributed by atoms with Crippen LogP contribution in [-0.2, 0) is 9.63 Å². The largest absolute Gasteiger partial charge is 0.495 e. The van der Waals surface area contributed by atoms with Crippen molar-refractivity contribution in [3.8, 4) is 5.75 Å². The van der Waals surface area contributed by atoms with Crippen molar-refractivity contribution in [3.63, 3.8) is 0 Å². The molecule has 19 heavy (non-hydrogen) atoms. The van der Waals surface area contributed by atoms with E-state index in [4.69, 9.17) is 21.4 Å². The SMILES string of the molecule is COc1cc(Cl)c(C)cc1NC(=O)NOCC(=O)O. The van der Waals surface area contributed by atoms with Crippen LogP contribution in [0.2, 0.25) is 5.02 Å². The van der Waals surface area contributed by atoms with E-state index in [1.165, 1.54) is 7.11 Å². The maximum atomic E-state index is 11.4. The molecule has 0 aromatic heterocycles. The Labute approximate surface area is 114 Å². The summed E-state index contributed by atoms with van der Waals surface area (Å²) in [6, 6.07) is 2.46. The van der Waals surface area contributed by atoms with Gasteiger partial charge in [-0.05, 0) is 18.6 Å². The Hall–Kier alpha value is -1.99. The number of halogens is 1. The number of rotatable bonds is 5. The topological polar surface area (TPSA) is 96.9 Å². The second-order valence-electron chi connectivity index (χ2n) is 3.54. The first-order valence-electron chi connectivity index (χ1n) is 5.18. The Morgan fingerprint density at radius 1 is 1.42 bits per heavy atom. The molecule has 0 spiro atoms. The molecule has 0 saturated heterocycles. The highest BCUT2D eigenvalue weighted by Gasteiger charge is 2.10. The van der Waals surface area contributed by atoms with Gasteiger partial charge < -0.3 is 15.2 Å². The molecule has 1 rings (SSSR count). The Kier molecular flexibility index (Phi) is 5.40. The fourth-order valence-electron chi connectivity index (χ4n) is 1.24. The molecule has 0 aliphatic heterocycles. The number of carboxylic acid groups (broad SMARTS) is 1. The van der Waals surface area contributed by atoms with E-state index in [0.717, 1.165) is 5.56 Å².